The van der Waals surface area contributed by atoms with Gasteiger partial charge in [0.1, 0.15) is 23.0 Å². The number of carbonyl (C=O) groups excluding carboxylic acids is 3. The molecule has 3 rings (SSSR count). The number of furan rings is 1. The summed E-state index contributed by atoms with van der Waals surface area (Å²) in [6, 6.07) is 6.93. The third-order valence-corrected chi connectivity index (χ3v) is 4.42. The van der Waals surface area contributed by atoms with Crippen molar-refractivity contribution in [1.82, 2.24) is 5.32 Å². The van der Waals surface area contributed by atoms with Gasteiger partial charge in [0.05, 0.1) is 11.7 Å². The van der Waals surface area contributed by atoms with Crippen molar-refractivity contribution < 1.29 is 27.6 Å². The number of benzene rings is 2. The largest absolute Gasteiger partial charge is 0.459 e. The van der Waals surface area contributed by atoms with E-state index in [1.165, 1.54) is 37.3 Å². The maximum absolute atomic E-state index is 14.0. The van der Waals surface area contributed by atoms with Gasteiger partial charge in [-0.3, -0.25) is 14.4 Å². The third kappa shape index (κ3) is 4.45. The van der Waals surface area contributed by atoms with Crippen molar-refractivity contribution in [2.45, 2.75) is 26.8 Å². The highest BCUT2D eigenvalue weighted by Crippen LogP contribution is 2.30. The molecule has 1 atom stereocenters. The number of carbonyl (C=O) groups is 3. The van der Waals surface area contributed by atoms with Crippen molar-refractivity contribution in [3.05, 3.63) is 59.4 Å². The lowest BCUT2D eigenvalue weighted by atomic mass is 10.1. The number of fused-ring (bicyclic) bond motifs is 1. The van der Waals surface area contributed by atoms with Crippen molar-refractivity contribution in [3.63, 3.8) is 0 Å². The van der Waals surface area contributed by atoms with Crippen LogP contribution in [0.2, 0.25) is 0 Å². The highest BCUT2D eigenvalue weighted by Gasteiger charge is 2.23. The molecule has 1 heterocycles. The molecule has 0 aliphatic heterocycles. The fourth-order valence-electron chi connectivity index (χ4n) is 3.03. The number of hydrogen-bond donors (Lipinski definition) is 3. The predicted octanol–water partition coefficient (Wildman–Crippen LogP) is 3.79. The Morgan fingerprint density at radius 1 is 1.00 bits per heavy atom. The van der Waals surface area contributed by atoms with Gasteiger partial charge in [-0.2, -0.15) is 0 Å². The van der Waals surface area contributed by atoms with Crippen LogP contribution in [0.15, 0.2) is 40.8 Å². The maximum Gasteiger partial charge on any atom is 0.313 e. The zero-order valence-electron chi connectivity index (χ0n) is 16.4. The first-order chi connectivity index (χ1) is 14.2. The Morgan fingerprint density at radius 2 is 1.73 bits per heavy atom. The van der Waals surface area contributed by atoms with Crippen LogP contribution in [-0.2, 0) is 14.4 Å². The maximum atomic E-state index is 14.0. The number of aryl methyl sites for hydroxylation is 1. The lowest BCUT2D eigenvalue weighted by Crippen LogP contribution is -2.37. The fourth-order valence-corrected chi connectivity index (χ4v) is 3.03. The first kappa shape index (κ1) is 21.0. The monoisotopic (exact) mass is 415 g/mol. The summed E-state index contributed by atoms with van der Waals surface area (Å²) in [6.45, 7) is 4.60. The minimum atomic E-state index is -1.10. The minimum absolute atomic E-state index is 0.260. The van der Waals surface area contributed by atoms with Crippen LogP contribution >= 0.6 is 0 Å². The second-order valence-electron chi connectivity index (χ2n) is 6.76. The van der Waals surface area contributed by atoms with Gasteiger partial charge in [0.25, 0.3) is 0 Å². The van der Waals surface area contributed by atoms with Gasteiger partial charge in [-0.1, -0.05) is 0 Å². The number of hydrogen-bond acceptors (Lipinski definition) is 4. The molecule has 9 heteroatoms. The average molecular weight is 415 g/mol. The van der Waals surface area contributed by atoms with Crippen LogP contribution in [0.1, 0.15) is 31.2 Å². The molecule has 30 heavy (non-hydrogen) atoms. The molecule has 2 aromatic carbocycles. The molecule has 3 amide bonds. The van der Waals surface area contributed by atoms with Gasteiger partial charge in [0.15, 0.2) is 0 Å². The van der Waals surface area contributed by atoms with Gasteiger partial charge >= 0.3 is 11.8 Å². The normalized spacial score (nSPS) is 11.8. The Labute approximate surface area is 170 Å². The van der Waals surface area contributed by atoms with Gasteiger partial charge in [-0.25, -0.2) is 8.78 Å². The van der Waals surface area contributed by atoms with E-state index in [2.05, 4.69) is 16.0 Å². The number of anilines is 2. The van der Waals surface area contributed by atoms with Crippen LogP contribution in [0.25, 0.3) is 11.0 Å². The van der Waals surface area contributed by atoms with Crippen molar-refractivity contribution >= 4 is 40.1 Å². The van der Waals surface area contributed by atoms with Crippen LogP contribution in [0.4, 0.5) is 20.2 Å². The molecule has 7 nitrogen and oxygen atoms in total. The average Bonchev–Trinajstić information content (AvgIpc) is 3.00. The first-order valence-electron chi connectivity index (χ1n) is 9.03. The van der Waals surface area contributed by atoms with Crippen molar-refractivity contribution in [2.75, 3.05) is 10.6 Å². The number of halogens is 2. The first-order valence-corrected chi connectivity index (χ1v) is 9.03. The van der Waals surface area contributed by atoms with Gasteiger partial charge in [0.2, 0.25) is 5.91 Å². The summed E-state index contributed by atoms with van der Waals surface area (Å²) in [5.74, 6) is -3.30. The fraction of sp³-hybridized carbons (Fsp3) is 0.190. The van der Waals surface area contributed by atoms with E-state index in [0.717, 1.165) is 6.07 Å². The van der Waals surface area contributed by atoms with Gasteiger partial charge in [-0.05, 0) is 50.2 Å². The Bertz CT molecular complexity index is 1160. The Morgan fingerprint density at radius 3 is 2.43 bits per heavy atom. The summed E-state index contributed by atoms with van der Waals surface area (Å²) in [4.78, 5) is 35.6. The zero-order chi connectivity index (χ0) is 22.0. The zero-order valence-corrected chi connectivity index (χ0v) is 16.4. The molecule has 0 radical (unpaired) electrons. The van der Waals surface area contributed by atoms with E-state index >= 15 is 0 Å². The lowest BCUT2D eigenvalue weighted by Gasteiger charge is -2.13. The molecule has 0 aliphatic rings. The predicted molar refractivity (Wildman–Crippen MR) is 107 cm³/mol. The summed E-state index contributed by atoms with van der Waals surface area (Å²) in [5, 5.41) is 7.66. The SMILES string of the molecule is CC(=O)Nc1ccc(F)c(NC(=O)C(=O)NC(C)c2oc3ccc(F)cc3c2C)c1. The van der Waals surface area contributed by atoms with E-state index in [1.807, 2.05) is 0 Å². The molecule has 0 saturated carbocycles. The number of amides is 3. The Kier molecular flexibility index (Phi) is 5.81. The summed E-state index contributed by atoms with van der Waals surface area (Å²) in [7, 11) is 0. The molecule has 1 aromatic heterocycles. The van der Waals surface area contributed by atoms with Crippen molar-refractivity contribution in [1.29, 1.82) is 0 Å². The second kappa shape index (κ2) is 8.32. The molecule has 0 fully saturated rings. The molecule has 0 aliphatic carbocycles. The second-order valence-corrected chi connectivity index (χ2v) is 6.76. The summed E-state index contributed by atoms with van der Waals surface area (Å²) >= 11 is 0. The van der Waals surface area contributed by atoms with Crippen LogP contribution in [0, 0.1) is 18.6 Å². The summed E-state index contributed by atoms with van der Waals surface area (Å²) < 4.78 is 33.1. The van der Waals surface area contributed by atoms with Crippen LogP contribution in [0.5, 0.6) is 0 Å². The van der Waals surface area contributed by atoms with E-state index in [1.54, 1.807) is 13.8 Å². The van der Waals surface area contributed by atoms with E-state index in [9.17, 15) is 23.2 Å². The van der Waals surface area contributed by atoms with Crippen LogP contribution in [0.3, 0.4) is 0 Å². The third-order valence-electron chi connectivity index (χ3n) is 4.42. The van der Waals surface area contributed by atoms with Crippen molar-refractivity contribution in [3.8, 4) is 0 Å². The highest BCUT2D eigenvalue weighted by molar-refractivity contribution is 6.39. The van der Waals surface area contributed by atoms with Gasteiger partial charge in [-0.15, -0.1) is 0 Å². The lowest BCUT2D eigenvalue weighted by molar-refractivity contribution is -0.136. The van der Waals surface area contributed by atoms with E-state index in [-0.39, 0.29) is 17.3 Å². The number of nitrogens with one attached hydrogen (secondary N) is 3. The molecule has 156 valence electrons. The molecular formula is C21H19F2N3O4. The molecule has 1 unspecified atom stereocenters. The minimum Gasteiger partial charge on any atom is -0.459 e. The molecule has 0 saturated heterocycles. The van der Waals surface area contributed by atoms with Crippen LogP contribution in [-0.4, -0.2) is 17.7 Å². The summed E-state index contributed by atoms with van der Waals surface area (Å²) in [6.07, 6.45) is 0. The Balaban J connectivity index is 1.72. The molecule has 3 N–H and O–H groups in total. The van der Waals surface area contributed by atoms with Crippen molar-refractivity contribution in [2.24, 2.45) is 0 Å². The van der Waals surface area contributed by atoms with E-state index in [4.69, 9.17) is 4.42 Å². The topological polar surface area (TPSA) is 100 Å². The molecular weight excluding hydrogens is 396 g/mol. The quantitative estimate of drug-likeness (QED) is 0.565. The van der Waals surface area contributed by atoms with Gasteiger partial charge < -0.3 is 20.4 Å². The number of rotatable bonds is 4. The molecule has 0 bridgehead atoms. The molecule has 0 spiro atoms. The Hall–Kier alpha value is -3.75. The van der Waals surface area contributed by atoms with Gasteiger partial charge in [0, 0.05) is 23.6 Å². The highest BCUT2D eigenvalue weighted by atomic mass is 19.1. The van der Waals surface area contributed by atoms with E-state index in [0.29, 0.717) is 22.3 Å². The van der Waals surface area contributed by atoms with Crippen LogP contribution < -0.4 is 16.0 Å². The smallest absolute Gasteiger partial charge is 0.313 e. The molecule has 3 aromatic rings. The summed E-state index contributed by atoms with van der Waals surface area (Å²) in [5.41, 5.74) is 1.08. The standard InChI is InChI=1S/C21H19F2N3O4/c1-10-15-8-13(22)4-7-18(15)30-19(10)11(2)24-20(28)21(29)26-17-9-14(25-12(3)27)5-6-16(17)23/h4-9,11H,1-3H3,(H,24,28)(H,25,27)(H,26,29). The van der Waals surface area contributed by atoms with E-state index < -0.39 is 29.5 Å².